The standard InChI is InChI=1S/C38H43N10O23P3/c39-38-44-32-31(35(53)45-38)21(16-48(32)30-15-26(49)27(69-30)17-68-73(61,62)71-74(63,64)70-72(58,59)60)4-2-6-41-28(50)18-65-9-10-66-29(46-47-40)19-67-25-5-1-3-20(14-25)33(51)42-7-8-43-34(52)22-11-23(36(54)55)13-24(12-22)37(56)57/h1,3,5,11-14,16,26-27,29-30,49H,6-10,15,17-19H2,(H,41,50)(H,42,51)(H,43,52)(H,54,55)(H,56,57)(H,61,62)(H,63,64)(H2,58,59,60)(H3,39,44,45,53)/t26-,27+,29?,30+/m0/s1. The van der Waals surface area contributed by atoms with Crippen LogP contribution >= 0.6 is 23.5 Å². The van der Waals surface area contributed by atoms with Gasteiger partial charge in [0.05, 0.1) is 54.5 Å². The van der Waals surface area contributed by atoms with E-state index in [-0.39, 0.29) is 85.3 Å². The minimum atomic E-state index is -5.81. The summed E-state index contributed by atoms with van der Waals surface area (Å²) in [5.41, 5.74) is 13.2. The largest absolute Gasteiger partial charge is 0.491 e. The second kappa shape index (κ2) is 25.7. The smallest absolute Gasteiger partial charge is 0.490 e. The number of aliphatic hydroxyl groups excluding tert-OH is 1. The zero-order valence-electron chi connectivity index (χ0n) is 37.6. The topological polar surface area (TPSA) is 504 Å². The number of phosphoric acid groups is 3. The van der Waals surface area contributed by atoms with E-state index in [1.165, 1.54) is 35.0 Å². The lowest BCUT2D eigenvalue weighted by Gasteiger charge is -2.19. The number of nitrogens with one attached hydrogen (secondary N) is 4. The molecule has 0 aliphatic carbocycles. The van der Waals surface area contributed by atoms with Crippen LogP contribution in [-0.4, -0.2) is 150 Å². The number of hydrogen-bond acceptors (Lipinski definition) is 20. The lowest BCUT2D eigenvalue weighted by Crippen LogP contribution is -2.34. The van der Waals surface area contributed by atoms with Gasteiger partial charge in [-0.15, -0.1) is 0 Å². The Bertz CT molecular complexity index is 3060. The molecular formula is C38H43N10O23P3. The highest BCUT2D eigenvalue weighted by atomic mass is 31.3. The lowest BCUT2D eigenvalue weighted by atomic mass is 10.1. The van der Waals surface area contributed by atoms with Crippen molar-refractivity contribution >= 4 is 70.1 Å². The molecule has 5 rings (SSSR count). The SMILES string of the molecule is [N-]=[N+]=NC(COc1cccc(C(=O)NCCNC(=O)c2cc(C(=O)O)cc(C(=O)O)c2)c1)OCCOCC(=O)NCC#Cc1cn([C@H]2C[C@H](O)[C@@H](COP(=O)(O)OP(=O)(O)OP(=O)(O)O)O2)c2nc(N)[nH]c(=O)c12. The summed E-state index contributed by atoms with van der Waals surface area (Å²) in [4.78, 5) is 119. The van der Waals surface area contributed by atoms with Crippen LogP contribution in [-0.2, 0) is 45.8 Å². The van der Waals surface area contributed by atoms with Gasteiger partial charge in [0.2, 0.25) is 11.9 Å². The normalized spacial score (nSPS) is 17.3. The van der Waals surface area contributed by atoms with Crippen LogP contribution in [0, 0.1) is 11.8 Å². The van der Waals surface area contributed by atoms with Crippen molar-refractivity contribution in [1.82, 2.24) is 30.5 Å². The molecule has 2 aromatic heterocycles. The average molecular weight is 1100 g/mol. The average Bonchev–Trinajstić information content (AvgIpc) is 3.87. The van der Waals surface area contributed by atoms with Gasteiger partial charge in [0.15, 0.2) is 11.9 Å². The fourth-order valence-electron chi connectivity index (χ4n) is 6.36. The predicted octanol–water partition coefficient (Wildman–Crippen LogP) is 0.0710. The number of aromatic amines is 1. The number of carboxylic acid groups (broad SMARTS) is 2. The Morgan fingerprint density at radius 3 is 2.26 bits per heavy atom. The zero-order chi connectivity index (χ0) is 54.4. The summed E-state index contributed by atoms with van der Waals surface area (Å²) >= 11 is 0. The van der Waals surface area contributed by atoms with Crippen LogP contribution in [0.4, 0.5) is 5.95 Å². The number of aromatic carboxylic acids is 2. The molecule has 1 aliphatic heterocycles. The summed E-state index contributed by atoms with van der Waals surface area (Å²) in [7, 11) is -17.0. The molecule has 3 heterocycles. The van der Waals surface area contributed by atoms with Crippen LogP contribution in [0.1, 0.15) is 59.6 Å². The van der Waals surface area contributed by atoms with E-state index >= 15 is 0 Å². The Balaban J connectivity index is 1.04. The number of carbonyl (C=O) groups is 5. The lowest BCUT2D eigenvalue weighted by molar-refractivity contribution is -0.126. The molecule has 3 amide bonds. The number of azide groups is 1. The number of H-pyrrole nitrogens is 1. The first-order valence-electron chi connectivity index (χ1n) is 20.8. The molecule has 1 saturated heterocycles. The number of aliphatic hydroxyl groups is 1. The van der Waals surface area contributed by atoms with Crippen LogP contribution < -0.4 is 32.0 Å². The Kier molecular flexibility index (Phi) is 20.1. The number of carbonyl (C=O) groups excluding carboxylic acids is 3. The molecule has 1 aliphatic rings. The van der Waals surface area contributed by atoms with E-state index in [1.54, 1.807) is 0 Å². The number of amides is 3. The van der Waals surface area contributed by atoms with Crippen LogP contribution in [0.3, 0.4) is 0 Å². The minimum absolute atomic E-state index is 0.0607. The summed E-state index contributed by atoms with van der Waals surface area (Å²) in [6.45, 7) is -2.48. The Labute approximate surface area is 413 Å². The van der Waals surface area contributed by atoms with Crippen LogP contribution in [0.25, 0.3) is 21.5 Å². The summed E-state index contributed by atoms with van der Waals surface area (Å²) in [6.07, 6.45) is -4.11. The number of nitrogens with two attached hydrogens (primary N) is 1. The Morgan fingerprint density at radius 1 is 0.946 bits per heavy atom. The van der Waals surface area contributed by atoms with E-state index < -0.39 is 108 Å². The van der Waals surface area contributed by atoms with E-state index in [2.05, 4.69) is 60.9 Å². The van der Waals surface area contributed by atoms with E-state index in [0.29, 0.717) is 0 Å². The summed E-state index contributed by atoms with van der Waals surface area (Å²) in [5.74, 6) is 0.430. The van der Waals surface area contributed by atoms with Gasteiger partial charge in [-0.25, -0.2) is 23.3 Å². The molecule has 3 unspecified atom stereocenters. The molecule has 0 bridgehead atoms. The molecule has 0 spiro atoms. The number of anilines is 1. The summed E-state index contributed by atoms with van der Waals surface area (Å²) < 4.78 is 70.0. The summed E-state index contributed by atoms with van der Waals surface area (Å²) in [6, 6.07) is 8.79. The molecule has 13 N–H and O–H groups in total. The molecule has 74 heavy (non-hydrogen) atoms. The number of nitrogens with zero attached hydrogens (tertiary/aromatic N) is 5. The number of phosphoric ester groups is 1. The number of carboxylic acids is 2. The van der Waals surface area contributed by atoms with Crippen molar-refractivity contribution < 1.29 is 105 Å². The van der Waals surface area contributed by atoms with Gasteiger partial charge in [-0.1, -0.05) is 23.0 Å². The molecule has 36 heteroatoms. The van der Waals surface area contributed by atoms with Gasteiger partial charge in [0, 0.05) is 41.7 Å². The molecule has 398 valence electrons. The molecule has 6 atom stereocenters. The van der Waals surface area contributed by atoms with Crippen molar-refractivity contribution in [2.24, 2.45) is 5.11 Å². The van der Waals surface area contributed by atoms with Gasteiger partial charge in [-0.05, 0) is 41.9 Å². The number of hydrogen-bond donors (Lipinski definition) is 12. The number of nitrogen functional groups attached to an aromatic ring is 1. The first-order valence-corrected chi connectivity index (χ1v) is 25.3. The van der Waals surface area contributed by atoms with Crippen molar-refractivity contribution in [2.75, 3.05) is 58.4 Å². The van der Waals surface area contributed by atoms with E-state index in [9.17, 15) is 67.6 Å². The zero-order valence-corrected chi connectivity index (χ0v) is 40.3. The van der Waals surface area contributed by atoms with E-state index in [0.717, 1.165) is 18.2 Å². The van der Waals surface area contributed by atoms with Crippen molar-refractivity contribution in [3.05, 3.63) is 97.3 Å². The Morgan fingerprint density at radius 2 is 1.61 bits per heavy atom. The van der Waals surface area contributed by atoms with Crippen LogP contribution in [0.2, 0.25) is 0 Å². The first kappa shape index (κ1) is 57.8. The van der Waals surface area contributed by atoms with Crippen molar-refractivity contribution in [1.29, 1.82) is 0 Å². The van der Waals surface area contributed by atoms with Crippen molar-refractivity contribution in [2.45, 2.75) is 31.1 Å². The Hall–Kier alpha value is -7.07. The highest BCUT2D eigenvalue weighted by molar-refractivity contribution is 7.66. The molecule has 0 radical (unpaired) electrons. The van der Waals surface area contributed by atoms with Gasteiger partial charge in [-0.3, -0.25) is 28.7 Å². The van der Waals surface area contributed by atoms with Gasteiger partial charge < -0.3 is 80.1 Å². The molecule has 2 aromatic carbocycles. The molecular weight excluding hydrogens is 1060 g/mol. The predicted molar refractivity (Wildman–Crippen MR) is 246 cm³/mol. The molecule has 33 nitrogen and oxygen atoms in total. The van der Waals surface area contributed by atoms with Crippen molar-refractivity contribution in [3.63, 3.8) is 0 Å². The molecule has 0 saturated carbocycles. The number of ether oxygens (including phenoxy) is 4. The third-order valence-corrected chi connectivity index (χ3v) is 13.3. The maximum atomic E-state index is 12.9. The third kappa shape index (κ3) is 17.6. The van der Waals surface area contributed by atoms with Crippen LogP contribution in [0.15, 0.2) is 58.6 Å². The van der Waals surface area contributed by atoms with Gasteiger partial charge in [0.25, 0.3) is 17.4 Å². The fourth-order valence-corrected chi connectivity index (χ4v) is 9.39. The second-order valence-electron chi connectivity index (χ2n) is 14.8. The molecule has 4 aromatic rings. The highest BCUT2D eigenvalue weighted by Gasteiger charge is 2.43. The van der Waals surface area contributed by atoms with Gasteiger partial charge in [-0.2, -0.15) is 13.6 Å². The highest BCUT2D eigenvalue weighted by Crippen LogP contribution is 2.66. The monoisotopic (exact) mass is 1100 g/mol. The summed E-state index contributed by atoms with van der Waals surface area (Å²) in [5, 5.41) is 40.0. The number of aromatic nitrogens is 3. The third-order valence-electron chi connectivity index (χ3n) is 9.46. The molecule has 1 fully saturated rings. The first-order chi connectivity index (χ1) is 34.8. The van der Waals surface area contributed by atoms with E-state index in [1.807, 2.05) is 0 Å². The van der Waals surface area contributed by atoms with E-state index in [4.69, 9.17) is 40.0 Å². The van der Waals surface area contributed by atoms with Crippen LogP contribution in [0.5, 0.6) is 5.75 Å². The van der Waals surface area contributed by atoms with Gasteiger partial charge in [0.1, 0.15) is 31.3 Å². The number of rotatable bonds is 26. The number of benzene rings is 2. The maximum absolute atomic E-state index is 12.9. The second-order valence-corrected chi connectivity index (χ2v) is 19.3. The quantitative estimate of drug-likeness (QED) is 0.00988. The maximum Gasteiger partial charge on any atom is 0.490 e. The fraction of sp³-hybridized carbons (Fsp3) is 0.342. The van der Waals surface area contributed by atoms with Gasteiger partial charge >= 0.3 is 35.4 Å². The minimum Gasteiger partial charge on any atom is -0.491 e. The van der Waals surface area contributed by atoms with Crippen molar-refractivity contribution in [3.8, 4) is 17.6 Å². The number of fused-ring (bicyclic) bond motifs is 1.